The number of hydrogen-bond donors (Lipinski definition) is 3. The Labute approximate surface area is 90.7 Å². The second-order valence-electron chi connectivity index (χ2n) is 3.96. The molecule has 0 aromatic heterocycles. The van der Waals surface area contributed by atoms with Crippen molar-refractivity contribution in [2.45, 2.75) is 25.7 Å². The summed E-state index contributed by atoms with van der Waals surface area (Å²) < 4.78 is 5.29. The van der Waals surface area contributed by atoms with Crippen molar-refractivity contribution in [2.24, 2.45) is 16.8 Å². The van der Waals surface area contributed by atoms with E-state index in [0.29, 0.717) is 12.3 Å². The zero-order chi connectivity index (χ0) is 10.9. The number of nitrogens with one attached hydrogen (secondary N) is 1. The normalized spacial score (nSPS) is 22.1. The molecule has 1 saturated heterocycles. The van der Waals surface area contributed by atoms with Crippen molar-refractivity contribution >= 4 is 5.84 Å². The summed E-state index contributed by atoms with van der Waals surface area (Å²) in [5.74, 6) is 1.04. The van der Waals surface area contributed by atoms with Gasteiger partial charge in [-0.05, 0) is 38.3 Å². The molecular weight excluding hydrogens is 194 g/mol. The molecule has 0 amide bonds. The molecule has 1 atom stereocenters. The molecule has 0 spiro atoms. The number of ether oxygens (including phenoxy) is 1. The lowest BCUT2D eigenvalue weighted by atomic mass is 10.1. The average molecular weight is 215 g/mol. The molecule has 1 rings (SSSR count). The molecule has 1 unspecified atom stereocenters. The van der Waals surface area contributed by atoms with Gasteiger partial charge in [-0.3, -0.25) is 0 Å². The van der Waals surface area contributed by atoms with Crippen molar-refractivity contribution in [3.8, 4) is 0 Å². The second kappa shape index (κ2) is 7.48. The molecule has 0 radical (unpaired) electrons. The number of amidine groups is 1. The number of oxime groups is 1. The van der Waals surface area contributed by atoms with Crippen LogP contribution in [0.3, 0.4) is 0 Å². The Bertz CT molecular complexity index is 191. The van der Waals surface area contributed by atoms with Crippen LogP contribution in [0.2, 0.25) is 0 Å². The molecular formula is C10H21N3O2. The van der Waals surface area contributed by atoms with Crippen LogP contribution in [0.15, 0.2) is 5.16 Å². The first-order valence-electron chi connectivity index (χ1n) is 5.58. The third-order valence-electron chi connectivity index (χ3n) is 2.67. The van der Waals surface area contributed by atoms with Crippen LogP contribution in [-0.2, 0) is 4.74 Å². The lowest BCUT2D eigenvalue weighted by Crippen LogP contribution is -2.21. The van der Waals surface area contributed by atoms with E-state index in [4.69, 9.17) is 15.7 Å². The Morgan fingerprint density at radius 1 is 1.53 bits per heavy atom. The van der Waals surface area contributed by atoms with Crippen LogP contribution in [0.4, 0.5) is 0 Å². The summed E-state index contributed by atoms with van der Waals surface area (Å²) in [6, 6.07) is 0. The lowest BCUT2D eigenvalue weighted by molar-refractivity contribution is 0.184. The van der Waals surface area contributed by atoms with E-state index in [9.17, 15) is 0 Å². The van der Waals surface area contributed by atoms with Gasteiger partial charge in [0.05, 0.1) is 0 Å². The maximum Gasteiger partial charge on any atom is 0.139 e. The molecule has 4 N–H and O–H groups in total. The monoisotopic (exact) mass is 215 g/mol. The third kappa shape index (κ3) is 5.59. The number of nitrogens with zero attached hydrogens (tertiary/aromatic N) is 1. The van der Waals surface area contributed by atoms with Gasteiger partial charge in [-0.15, -0.1) is 0 Å². The summed E-state index contributed by atoms with van der Waals surface area (Å²) in [7, 11) is 0. The molecule has 5 nitrogen and oxygen atoms in total. The van der Waals surface area contributed by atoms with Gasteiger partial charge in [0.15, 0.2) is 0 Å². The van der Waals surface area contributed by atoms with E-state index in [1.54, 1.807) is 0 Å². The summed E-state index contributed by atoms with van der Waals surface area (Å²) in [4.78, 5) is 0. The fraction of sp³-hybridized carbons (Fsp3) is 0.900. The summed E-state index contributed by atoms with van der Waals surface area (Å²) in [6.45, 7) is 3.80. The second-order valence-corrected chi connectivity index (χ2v) is 3.96. The molecule has 15 heavy (non-hydrogen) atoms. The highest BCUT2D eigenvalue weighted by atomic mass is 16.5. The van der Waals surface area contributed by atoms with Gasteiger partial charge in [-0.1, -0.05) is 5.16 Å². The molecule has 0 aliphatic carbocycles. The summed E-state index contributed by atoms with van der Waals surface area (Å²) in [6.07, 6.45) is 3.95. The molecule has 0 aromatic carbocycles. The van der Waals surface area contributed by atoms with Gasteiger partial charge in [-0.25, -0.2) is 0 Å². The summed E-state index contributed by atoms with van der Waals surface area (Å²) >= 11 is 0. The Morgan fingerprint density at radius 3 is 3.07 bits per heavy atom. The molecule has 5 heteroatoms. The van der Waals surface area contributed by atoms with Gasteiger partial charge in [0.2, 0.25) is 0 Å². The Kier molecular flexibility index (Phi) is 6.11. The molecule has 1 aliphatic heterocycles. The average Bonchev–Trinajstić information content (AvgIpc) is 2.75. The molecule has 0 saturated carbocycles. The summed E-state index contributed by atoms with van der Waals surface area (Å²) in [5, 5.41) is 14.6. The Balaban J connectivity index is 1.84. The number of nitrogens with two attached hydrogens (primary N) is 1. The topological polar surface area (TPSA) is 79.9 Å². The van der Waals surface area contributed by atoms with Crippen LogP contribution in [-0.4, -0.2) is 37.3 Å². The maximum atomic E-state index is 8.31. The summed E-state index contributed by atoms with van der Waals surface area (Å²) in [5.41, 5.74) is 5.34. The highest BCUT2D eigenvalue weighted by Gasteiger charge is 2.14. The predicted molar refractivity (Wildman–Crippen MR) is 59.1 cm³/mol. The molecule has 88 valence electrons. The fourth-order valence-electron chi connectivity index (χ4n) is 1.69. The highest BCUT2D eigenvalue weighted by Crippen LogP contribution is 2.14. The molecule has 0 aromatic rings. The van der Waals surface area contributed by atoms with Crippen LogP contribution in [0.1, 0.15) is 25.7 Å². The minimum absolute atomic E-state index is 0.306. The minimum Gasteiger partial charge on any atom is -0.409 e. The van der Waals surface area contributed by atoms with E-state index < -0.39 is 0 Å². The van der Waals surface area contributed by atoms with E-state index in [-0.39, 0.29) is 0 Å². The predicted octanol–water partition coefficient (Wildman–Crippen LogP) is 0.529. The largest absolute Gasteiger partial charge is 0.409 e. The maximum absolute atomic E-state index is 8.31. The first kappa shape index (κ1) is 12.3. The lowest BCUT2D eigenvalue weighted by Gasteiger charge is -2.08. The van der Waals surface area contributed by atoms with E-state index in [1.165, 1.54) is 12.8 Å². The van der Waals surface area contributed by atoms with Crippen LogP contribution >= 0.6 is 0 Å². The standard InChI is InChI=1S/C10H21N3O2/c11-10(13-14)2-1-5-12-6-3-9-4-7-15-8-9/h9,12,14H,1-8H2,(H2,11,13). The fourth-order valence-corrected chi connectivity index (χ4v) is 1.69. The first-order valence-corrected chi connectivity index (χ1v) is 5.58. The number of hydrogen-bond acceptors (Lipinski definition) is 4. The zero-order valence-corrected chi connectivity index (χ0v) is 9.11. The van der Waals surface area contributed by atoms with Crippen LogP contribution in [0, 0.1) is 5.92 Å². The van der Waals surface area contributed by atoms with Crippen molar-refractivity contribution in [1.82, 2.24) is 5.32 Å². The van der Waals surface area contributed by atoms with Crippen molar-refractivity contribution in [3.05, 3.63) is 0 Å². The van der Waals surface area contributed by atoms with E-state index >= 15 is 0 Å². The smallest absolute Gasteiger partial charge is 0.139 e. The van der Waals surface area contributed by atoms with Crippen molar-refractivity contribution in [2.75, 3.05) is 26.3 Å². The Morgan fingerprint density at radius 2 is 2.40 bits per heavy atom. The van der Waals surface area contributed by atoms with Gasteiger partial charge in [0.1, 0.15) is 5.84 Å². The van der Waals surface area contributed by atoms with Crippen molar-refractivity contribution < 1.29 is 9.94 Å². The molecule has 0 bridgehead atoms. The van der Waals surface area contributed by atoms with Gasteiger partial charge in [-0.2, -0.15) is 0 Å². The van der Waals surface area contributed by atoms with Crippen LogP contribution in [0.5, 0.6) is 0 Å². The van der Waals surface area contributed by atoms with Crippen LogP contribution in [0.25, 0.3) is 0 Å². The molecule has 1 heterocycles. The molecule has 1 fully saturated rings. The third-order valence-corrected chi connectivity index (χ3v) is 2.67. The molecule has 1 aliphatic rings. The van der Waals surface area contributed by atoms with Gasteiger partial charge < -0.3 is 21.0 Å². The quantitative estimate of drug-likeness (QED) is 0.190. The van der Waals surface area contributed by atoms with E-state index in [2.05, 4.69) is 10.5 Å². The Hall–Kier alpha value is -0.810. The van der Waals surface area contributed by atoms with E-state index in [1.807, 2.05) is 0 Å². The highest BCUT2D eigenvalue weighted by molar-refractivity contribution is 5.79. The van der Waals surface area contributed by atoms with Crippen molar-refractivity contribution in [3.63, 3.8) is 0 Å². The van der Waals surface area contributed by atoms with Gasteiger partial charge in [0, 0.05) is 19.6 Å². The van der Waals surface area contributed by atoms with Gasteiger partial charge >= 0.3 is 0 Å². The SMILES string of the molecule is NC(CCCNCCC1CCOC1)=NO. The van der Waals surface area contributed by atoms with E-state index in [0.717, 1.165) is 38.6 Å². The first-order chi connectivity index (χ1) is 7.33. The number of rotatable bonds is 7. The van der Waals surface area contributed by atoms with Crippen LogP contribution < -0.4 is 11.1 Å². The minimum atomic E-state index is 0.306. The zero-order valence-electron chi connectivity index (χ0n) is 9.11. The van der Waals surface area contributed by atoms with Crippen molar-refractivity contribution in [1.29, 1.82) is 0 Å². The van der Waals surface area contributed by atoms with Gasteiger partial charge in [0.25, 0.3) is 0 Å².